The minimum absolute atomic E-state index is 0.00353. The molecule has 6 heteroatoms. The number of nitrogens with one attached hydrogen (secondary N) is 1. The van der Waals surface area contributed by atoms with Gasteiger partial charge in [-0.1, -0.05) is 28.1 Å². The van der Waals surface area contributed by atoms with Crippen molar-refractivity contribution in [2.75, 3.05) is 18.6 Å². The van der Waals surface area contributed by atoms with Crippen molar-refractivity contribution >= 4 is 33.4 Å². The summed E-state index contributed by atoms with van der Waals surface area (Å²) in [6.45, 7) is 2.39. The minimum Gasteiger partial charge on any atom is -0.497 e. The van der Waals surface area contributed by atoms with Crippen molar-refractivity contribution in [1.29, 1.82) is 0 Å². The first-order valence-electron chi connectivity index (χ1n) is 8.95. The number of halogens is 1. The number of ether oxygens (including phenoxy) is 1. The number of benzene rings is 2. The summed E-state index contributed by atoms with van der Waals surface area (Å²) in [7, 11) is 1.60. The summed E-state index contributed by atoms with van der Waals surface area (Å²) in [5.41, 5.74) is 1.95. The van der Waals surface area contributed by atoms with Gasteiger partial charge in [0, 0.05) is 29.2 Å². The summed E-state index contributed by atoms with van der Waals surface area (Å²) >= 11 is 3.42. The molecule has 2 aromatic rings. The summed E-state index contributed by atoms with van der Waals surface area (Å²) < 4.78 is 6.18. The van der Waals surface area contributed by atoms with E-state index in [1.807, 2.05) is 55.5 Å². The maximum Gasteiger partial charge on any atom is 0.227 e. The maximum atomic E-state index is 12.6. The molecule has 3 rings (SSSR count). The Morgan fingerprint density at radius 2 is 1.89 bits per heavy atom. The van der Waals surface area contributed by atoms with Crippen molar-refractivity contribution in [2.24, 2.45) is 5.92 Å². The summed E-state index contributed by atoms with van der Waals surface area (Å²) in [5, 5.41) is 3.05. The summed E-state index contributed by atoms with van der Waals surface area (Å²) in [5.74, 6) is 0.318. The Balaban J connectivity index is 1.57. The number of methoxy groups -OCH3 is 1. The molecule has 2 amide bonds. The molecule has 0 spiro atoms. The van der Waals surface area contributed by atoms with Crippen LogP contribution in [0.5, 0.6) is 5.75 Å². The van der Waals surface area contributed by atoms with Crippen LogP contribution in [-0.2, 0) is 16.0 Å². The minimum atomic E-state index is -0.327. The zero-order valence-corrected chi connectivity index (χ0v) is 17.0. The smallest absolute Gasteiger partial charge is 0.227 e. The third-order valence-corrected chi connectivity index (χ3v) is 5.25. The van der Waals surface area contributed by atoms with Crippen LogP contribution in [0, 0.1) is 5.92 Å². The van der Waals surface area contributed by atoms with Crippen LogP contribution >= 0.6 is 15.9 Å². The Morgan fingerprint density at radius 1 is 1.22 bits per heavy atom. The Labute approximate surface area is 167 Å². The van der Waals surface area contributed by atoms with E-state index in [-0.39, 0.29) is 30.2 Å². The van der Waals surface area contributed by atoms with Gasteiger partial charge in [-0.3, -0.25) is 9.59 Å². The predicted molar refractivity (Wildman–Crippen MR) is 109 cm³/mol. The van der Waals surface area contributed by atoms with Crippen LogP contribution in [0.25, 0.3) is 0 Å². The number of anilines is 1. The van der Waals surface area contributed by atoms with E-state index in [2.05, 4.69) is 21.2 Å². The van der Waals surface area contributed by atoms with E-state index in [0.29, 0.717) is 6.54 Å². The molecule has 0 saturated carbocycles. The SMILES string of the molecule is COc1ccc(N2CC(C(=O)NC(C)Cc3ccc(Br)cc3)CC2=O)cc1. The monoisotopic (exact) mass is 430 g/mol. The lowest BCUT2D eigenvalue weighted by Gasteiger charge is -2.19. The quantitative estimate of drug-likeness (QED) is 0.761. The Kier molecular flexibility index (Phi) is 6.16. The van der Waals surface area contributed by atoms with Crippen LogP contribution in [0.2, 0.25) is 0 Å². The molecule has 5 nitrogen and oxygen atoms in total. The van der Waals surface area contributed by atoms with Crippen LogP contribution < -0.4 is 15.0 Å². The normalized spacial score (nSPS) is 17.7. The molecule has 0 aromatic heterocycles. The number of carbonyl (C=O) groups excluding carboxylic acids is 2. The highest BCUT2D eigenvalue weighted by Gasteiger charge is 2.35. The topological polar surface area (TPSA) is 58.6 Å². The van der Waals surface area contributed by atoms with Crippen molar-refractivity contribution in [3.63, 3.8) is 0 Å². The molecule has 2 aromatic carbocycles. The Bertz CT molecular complexity index is 805. The molecule has 0 aliphatic carbocycles. The molecule has 0 radical (unpaired) electrons. The van der Waals surface area contributed by atoms with Crippen molar-refractivity contribution in [3.05, 3.63) is 58.6 Å². The molecule has 1 heterocycles. The molecule has 1 aliphatic heterocycles. The van der Waals surface area contributed by atoms with Gasteiger partial charge in [-0.15, -0.1) is 0 Å². The molecule has 27 heavy (non-hydrogen) atoms. The van der Waals surface area contributed by atoms with Gasteiger partial charge in [-0.25, -0.2) is 0 Å². The Morgan fingerprint density at radius 3 is 2.52 bits per heavy atom. The van der Waals surface area contributed by atoms with E-state index in [1.165, 1.54) is 0 Å². The summed E-state index contributed by atoms with van der Waals surface area (Å²) in [6, 6.07) is 15.4. The van der Waals surface area contributed by atoms with Gasteiger partial charge in [-0.2, -0.15) is 0 Å². The first-order valence-corrected chi connectivity index (χ1v) is 9.75. The average Bonchev–Trinajstić information content (AvgIpc) is 3.05. The highest BCUT2D eigenvalue weighted by molar-refractivity contribution is 9.10. The molecule has 0 bridgehead atoms. The van der Waals surface area contributed by atoms with E-state index in [1.54, 1.807) is 12.0 Å². The molecule has 1 saturated heterocycles. The molecule has 1 fully saturated rings. The second-order valence-electron chi connectivity index (χ2n) is 6.84. The summed E-state index contributed by atoms with van der Waals surface area (Å²) in [6.07, 6.45) is 0.991. The van der Waals surface area contributed by atoms with Gasteiger partial charge in [0.05, 0.1) is 13.0 Å². The molecule has 2 atom stereocenters. The zero-order valence-electron chi connectivity index (χ0n) is 15.4. The zero-order chi connectivity index (χ0) is 19.4. The average molecular weight is 431 g/mol. The lowest BCUT2D eigenvalue weighted by molar-refractivity contribution is -0.126. The third-order valence-electron chi connectivity index (χ3n) is 4.72. The fourth-order valence-corrected chi connectivity index (χ4v) is 3.55. The van der Waals surface area contributed by atoms with Gasteiger partial charge in [0.2, 0.25) is 11.8 Å². The van der Waals surface area contributed by atoms with E-state index < -0.39 is 0 Å². The third kappa shape index (κ3) is 4.89. The fourth-order valence-electron chi connectivity index (χ4n) is 3.28. The molecular weight excluding hydrogens is 408 g/mol. The second kappa shape index (κ2) is 8.57. The van der Waals surface area contributed by atoms with Crippen molar-refractivity contribution < 1.29 is 14.3 Å². The standard InChI is InChI=1S/C21H23BrN2O3/c1-14(11-15-3-5-17(22)6-4-15)23-21(26)16-12-20(25)24(13-16)18-7-9-19(27-2)10-8-18/h3-10,14,16H,11-13H2,1-2H3,(H,23,26). The van der Waals surface area contributed by atoms with Crippen LogP contribution in [0.15, 0.2) is 53.0 Å². The van der Waals surface area contributed by atoms with Gasteiger partial charge in [0.1, 0.15) is 5.75 Å². The summed E-state index contributed by atoms with van der Waals surface area (Å²) in [4.78, 5) is 26.6. The maximum absolute atomic E-state index is 12.6. The van der Waals surface area contributed by atoms with Crippen LogP contribution in [-0.4, -0.2) is 31.5 Å². The first-order chi connectivity index (χ1) is 13.0. The van der Waals surface area contributed by atoms with Crippen LogP contribution in [0.4, 0.5) is 5.69 Å². The first kappa shape index (κ1) is 19.4. The Hall–Kier alpha value is -2.34. The van der Waals surface area contributed by atoms with Crippen LogP contribution in [0.3, 0.4) is 0 Å². The number of carbonyl (C=O) groups is 2. The van der Waals surface area contributed by atoms with Crippen molar-refractivity contribution in [1.82, 2.24) is 5.32 Å². The molecule has 1 N–H and O–H groups in total. The van der Waals surface area contributed by atoms with Gasteiger partial charge in [0.25, 0.3) is 0 Å². The molecule has 142 valence electrons. The number of amides is 2. The van der Waals surface area contributed by atoms with Gasteiger partial charge >= 0.3 is 0 Å². The molecule has 1 aliphatic rings. The molecule has 2 unspecified atom stereocenters. The highest BCUT2D eigenvalue weighted by atomic mass is 79.9. The van der Waals surface area contributed by atoms with Crippen molar-refractivity contribution in [3.8, 4) is 5.75 Å². The predicted octanol–water partition coefficient (Wildman–Crippen LogP) is 3.56. The van der Waals surface area contributed by atoms with Crippen molar-refractivity contribution in [2.45, 2.75) is 25.8 Å². The number of rotatable bonds is 6. The van der Waals surface area contributed by atoms with E-state index in [9.17, 15) is 9.59 Å². The molecular formula is C21H23BrN2O3. The van der Waals surface area contributed by atoms with E-state index >= 15 is 0 Å². The van der Waals surface area contributed by atoms with Gasteiger partial charge < -0.3 is 15.0 Å². The lowest BCUT2D eigenvalue weighted by atomic mass is 10.0. The highest BCUT2D eigenvalue weighted by Crippen LogP contribution is 2.27. The van der Waals surface area contributed by atoms with Gasteiger partial charge in [0.15, 0.2) is 0 Å². The van der Waals surface area contributed by atoms with Gasteiger partial charge in [-0.05, 0) is 55.3 Å². The fraction of sp³-hybridized carbons (Fsp3) is 0.333. The van der Waals surface area contributed by atoms with Crippen LogP contribution in [0.1, 0.15) is 18.9 Å². The number of nitrogens with zero attached hydrogens (tertiary/aromatic N) is 1. The number of hydrogen-bond acceptors (Lipinski definition) is 3. The number of hydrogen-bond donors (Lipinski definition) is 1. The second-order valence-corrected chi connectivity index (χ2v) is 7.76. The largest absolute Gasteiger partial charge is 0.497 e. The van der Waals surface area contributed by atoms with E-state index in [4.69, 9.17) is 4.74 Å². The van der Waals surface area contributed by atoms with E-state index in [0.717, 1.165) is 27.9 Å². The lowest BCUT2D eigenvalue weighted by Crippen LogP contribution is -2.39.